The molecule has 0 radical (unpaired) electrons. The molecule has 2 rings (SSSR count). The van der Waals surface area contributed by atoms with Gasteiger partial charge in [-0.15, -0.1) is 0 Å². The summed E-state index contributed by atoms with van der Waals surface area (Å²) in [6.45, 7) is 6.11. The molecule has 0 fully saturated rings. The first-order valence-corrected chi connectivity index (χ1v) is 10.6. The summed E-state index contributed by atoms with van der Waals surface area (Å²) in [6, 6.07) is 11.7. The van der Waals surface area contributed by atoms with Crippen LogP contribution in [-0.4, -0.2) is 33.3 Å². The average Bonchev–Trinajstić information content (AvgIpc) is 2.92. The zero-order valence-corrected chi connectivity index (χ0v) is 15.5. The van der Waals surface area contributed by atoms with Gasteiger partial charge in [0, 0.05) is 0 Å². The molecule has 0 aliphatic heterocycles. The second kappa shape index (κ2) is 8.09. The van der Waals surface area contributed by atoms with E-state index < -0.39 is 12.2 Å². The fourth-order valence-corrected chi connectivity index (χ4v) is 7.45. The van der Waals surface area contributed by atoms with Crippen LogP contribution in [0.3, 0.4) is 0 Å². The molecule has 7 heteroatoms. The summed E-state index contributed by atoms with van der Waals surface area (Å²) in [5.74, 6) is 0.562. The van der Waals surface area contributed by atoms with Crippen LogP contribution < -0.4 is 4.46 Å². The molecule has 1 aromatic carbocycles. The molecule has 1 atom stereocenters. The predicted octanol–water partition coefficient (Wildman–Crippen LogP) is 3.28. The number of benzene rings is 1. The minimum absolute atomic E-state index is 0.160. The Hall–Kier alpha value is -0.901. The third-order valence-corrected chi connectivity index (χ3v) is 9.12. The summed E-state index contributed by atoms with van der Waals surface area (Å²) >= 11 is -0.160. The van der Waals surface area contributed by atoms with Crippen LogP contribution in [0.1, 0.15) is 29.9 Å². The Labute approximate surface area is 137 Å². The summed E-state index contributed by atoms with van der Waals surface area (Å²) < 4.78 is 30.3. The molecule has 0 amide bonds. The number of aromatic nitrogens is 1. The first kappa shape index (κ1) is 17.5. The van der Waals surface area contributed by atoms with Crippen LogP contribution in [0.25, 0.3) is 0 Å². The summed E-state index contributed by atoms with van der Waals surface area (Å²) in [7, 11) is -3.31. The van der Waals surface area contributed by atoms with E-state index in [0.717, 1.165) is 10.2 Å². The zero-order chi connectivity index (χ0) is 16.0. The standard InChI is InChI=1S/C15H20NO4PSe/c1-4-18-21(17,19-5-2)15(14-11-12(3)16-20-14)22-13-9-7-6-8-10-13/h6-11,15H,4-5H2,1-3H3. The van der Waals surface area contributed by atoms with E-state index in [-0.39, 0.29) is 15.0 Å². The van der Waals surface area contributed by atoms with Gasteiger partial charge in [0.25, 0.3) is 0 Å². The molecule has 0 saturated heterocycles. The van der Waals surface area contributed by atoms with Gasteiger partial charge in [0.1, 0.15) is 0 Å². The Bertz CT molecular complexity index is 621. The zero-order valence-electron chi connectivity index (χ0n) is 12.9. The molecule has 2 aromatic rings. The van der Waals surface area contributed by atoms with Gasteiger partial charge in [-0.3, -0.25) is 0 Å². The summed E-state index contributed by atoms with van der Waals surface area (Å²) in [6.07, 6.45) is 0. The molecule has 1 unspecified atom stereocenters. The molecule has 5 nitrogen and oxygen atoms in total. The molecule has 0 aliphatic carbocycles. The number of rotatable bonds is 8. The molecule has 0 bridgehead atoms. The van der Waals surface area contributed by atoms with Crippen LogP contribution in [0.2, 0.25) is 0 Å². The van der Waals surface area contributed by atoms with Crippen LogP contribution in [0, 0.1) is 6.92 Å². The molecule has 0 N–H and O–H groups in total. The molecule has 0 aliphatic rings. The number of nitrogens with zero attached hydrogens (tertiary/aromatic N) is 1. The molecule has 22 heavy (non-hydrogen) atoms. The normalized spacial score (nSPS) is 13.2. The van der Waals surface area contributed by atoms with E-state index in [9.17, 15) is 4.57 Å². The van der Waals surface area contributed by atoms with Crippen molar-refractivity contribution in [2.45, 2.75) is 25.3 Å². The van der Waals surface area contributed by atoms with Crippen molar-refractivity contribution in [2.75, 3.05) is 13.2 Å². The maximum absolute atomic E-state index is 13.2. The summed E-state index contributed by atoms with van der Waals surface area (Å²) in [4.78, 5) is 0. The van der Waals surface area contributed by atoms with Crippen LogP contribution >= 0.6 is 7.60 Å². The molecule has 1 heterocycles. The SMILES string of the molecule is CCOP(=O)(OCC)C([Se]c1ccccc1)c1cc(C)no1. The molecule has 1 aromatic heterocycles. The van der Waals surface area contributed by atoms with Crippen molar-refractivity contribution in [1.82, 2.24) is 5.16 Å². The van der Waals surface area contributed by atoms with Gasteiger partial charge in [-0.05, 0) is 0 Å². The summed E-state index contributed by atoms with van der Waals surface area (Å²) in [5.41, 5.74) is 0.753. The summed E-state index contributed by atoms with van der Waals surface area (Å²) in [5, 5.41) is 3.92. The first-order valence-electron chi connectivity index (χ1n) is 7.12. The Balaban J connectivity index is 2.37. The van der Waals surface area contributed by atoms with Gasteiger partial charge in [-0.1, -0.05) is 0 Å². The monoisotopic (exact) mass is 389 g/mol. The quantitative estimate of drug-likeness (QED) is 0.513. The Morgan fingerprint density at radius 1 is 1.23 bits per heavy atom. The number of aryl methyl sites for hydroxylation is 1. The van der Waals surface area contributed by atoms with Crippen LogP contribution in [0.5, 0.6) is 0 Å². The first-order chi connectivity index (χ1) is 10.6. The van der Waals surface area contributed by atoms with Gasteiger partial charge in [-0.25, -0.2) is 0 Å². The van der Waals surface area contributed by atoms with Gasteiger partial charge in [0.05, 0.1) is 0 Å². The molecule has 0 spiro atoms. The van der Waals surface area contributed by atoms with Crippen molar-refractivity contribution in [3.8, 4) is 0 Å². The van der Waals surface area contributed by atoms with Crippen molar-refractivity contribution in [2.24, 2.45) is 0 Å². The van der Waals surface area contributed by atoms with Gasteiger partial charge in [0.15, 0.2) is 0 Å². The van der Waals surface area contributed by atoms with E-state index in [1.54, 1.807) is 6.07 Å². The van der Waals surface area contributed by atoms with Gasteiger partial charge >= 0.3 is 137 Å². The third kappa shape index (κ3) is 4.31. The Morgan fingerprint density at radius 2 is 1.86 bits per heavy atom. The van der Waals surface area contributed by atoms with Crippen molar-refractivity contribution < 1.29 is 18.1 Å². The molecular formula is C15H20NO4PSe. The predicted molar refractivity (Wildman–Crippen MR) is 86.7 cm³/mol. The van der Waals surface area contributed by atoms with Gasteiger partial charge < -0.3 is 0 Å². The van der Waals surface area contributed by atoms with Gasteiger partial charge in [-0.2, -0.15) is 0 Å². The van der Waals surface area contributed by atoms with Crippen LogP contribution in [0.4, 0.5) is 0 Å². The fraction of sp³-hybridized carbons (Fsp3) is 0.400. The topological polar surface area (TPSA) is 61.6 Å². The molecule has 120 valence electrons. The second-order valence-electron chi connectivity index (χ2n) is 4.53. The maximum atomic E-state index is 13.2. The molecular weight excluding hydrogens is 368 g/mol. The fourth-order valence-electron chi connectivity index (χ4n) is 1.94. The van der Waals surface area contributed by atoms with E-state index >= 15 is 0 Å². The Morgan fingerprint density at radius 3 is 2.36 bits per heavy atom. The van der Waals surface area contributed by atoms with Crippen molar-refractivity contribution in [3.63, 3.8) is 0 Å². The van der Waals surface area contributed by atoms with Gasteiger partial charge in [0.2, 0.25) is 0 Å². The van der Waals surface area contributed by atoms with Crippen molar-refractivity contribution >= 4 is 27.0 Å². The van der Waals surface area contributed by atoms with Crippen LogP contribution in [-0.2, 0) is 13.6 Å². The van der Waals surface area contributed by atoms with Crippen molar-refractivity contribution in [1.29, 1.82) is 0 Å². The number of hydrogen-bond acceptors (Lipinski definition) is 5. The minimum atomic E-state index is -3.31. The molecule has 0 saturated carbocycles. The van der Waals surface area contributed by atoms with Crippen molar-refractivity contribution in [3.05, 3.63) is 47.9 Å². The number of hydrogen-bond donors (Lipinski definition) is 0. The average molecular weight is 388 g/mol. The Kier molecular flexibility index (Phi) is 6.42. The van der Waals surface area contributed by atoms with E-state index in [1.165, 1.54) is 0 Å². The van der Waals surface area contributed by atoms with E-state index in [2.05, 4.69) is 5.16 Å². The second-order valence-corrected chi connectivity index (χ2v) is 9.90. The van der Waals surface area contributed by atoms with E-state index in [1.807, 2.05) is 51.1 Å². The van der Waals surface area contributed by atoms with Crippen LogP contribution in [0.15, 0.2) is 40.9 Å². The van der Waals surface area contributed by atoms with E-state index in [0.29, 0.717) is 19.0 Å². The van der Waals surface area contributed by atoms with E-state index in [4.69, 9.17) is 13.6 Å². The third-order valence-electron chi connectivity index (χ3n) is 2.79.